The summed E-state index contributed by atoms with van der Waals surface area (Å²) in [6.45, 7) is 1.97. The van der Waals surface area contributed by atoms with Crippen LogP contribution in [-0.4, -0.2) is 16.6 Å². The van der Waals surface area contributed by atoms with Gasteiger partial charge < -0.3 is 0 Å². The number of rotatable bonds is 7. The zero-order valence-electron chi connectivity index (χ0n) is 17.4. The van der Waals surface area contributed by atoms with E-state index in [9.17, 15) is 9.59 Å². The molecule has 0 aliphatic carbocycles. The Labute approximate surface area is 182 Å². The summed E-state index contributed by atoms with van der Waals surface area (Å²) >= 11 is 0. The molecule has 4 rings (SSSR count). The molecule has 0 bridgehead atoms. The Balaban J connectivity index is 1.41. The molecule has 0 atom stereocenters. The fourth-order valence-electron chi connectivity index (χ4n) is 3.64. The van der Waals surface area contributed by atoms with E-state index in [2.05, 4.69) is 4.98 Å². The Bertz CT molecular complexity index is 1210. The predicted molar refractivity (Wildman–Crippen MR) is 123 cm³/mol. The van der Waals surface area contributed by atoms with Crippen molar-refractivity contribution in [1.82, 2.24) is 4.98 Å². The van der Waals surface area contributed by atoms with Crippen LogP contribution in [0.1, 0.15) is 32.7 Å². The molecule has 0 N–H and O–H groups in total. The van der Waals surface area contributed by atoms with Crippen molar-refractivity contribution in [2.75, 3.05) is 0 Å². The maximum absolute atomic E-state index is 12.7. The number of ketones is 2. The van der Waals surface area contributed by atoms with Crippen molar-refractivity contribution < 1.29 is 9.59 Å². The lowest BCUT2D eigenvalue weighted by Gasteiger charge is -2.07. The van der Waals surface area contributed by atoms with Crippen molar-refractivity contribution >= 4 is 11.6 Å². The van der Waals surface area contributed by atoms with E-state index in [1.807, 2.05) is 79.7 Å². The number of hydrogen-bond donors (Lipinski definition) is 0. The standard InChI is InChI=1S/C28H23NO2/c1-20-16-25(14-15-29-20)23-12-10-21(11-13-23)18-27(30)19-22-6-5-9-26(17-22)28(31)24-7-3-2-4-8-24/h2-17H,18-19H2,1H3. The third kappa shape index (κ3) is 5.20. The van der Waals surface area contributed by atoms with Gasteiger partial charge in [0.1, 0.15) is 5.78 Å². The molecule has 0 spiro atoms. The number of benzene rings is 3. The first-order chi connectivity index (χ1) is 15.1. The van der Waals surface area contributed by atoms with Crippen LogP contribution in [0.15, 0.2) is 97.2 Å². The topological polar surface area (TPSA) is 47.0 Å². The van der Waals surface area contributed by atoms with E-state index in [0.29, 0.717) is 24.0 Å². The molecule has 0 saturated carbocycles. The molecular weight excluding hydrogens is 382 g/mol. The lowest BCUT2D eigenvalue weighted by molar-refractivity contribution is -0.117. The summed E-state index contributed by atoms with van der Waals surface area (Å²) in [4.78, 5) is 29.5. The molecule has 0 fully saturated rings. The third-order valence-electron chi connectivity index (χ3n) is 5.21. The summed E-state index contributed by atoms with van der Waals surface area (Å²) in [7, 11) is 0. The number of aryl methyl sites for hydroxylation is 1. The second-order valence-corrected chi connectivity index (χ2v) is 7.67. The van der Waals surface area contributed by atoms with Crippen LogP contribution in [0.2, 0.25) is 0 Å². The molecular formula is C28H23NO2. The van der Waals surface area contributed by atoms with Crippen LogP contribution in [0, 0.1) is 6.92 Å². The number of pyridine rings is 1. The number of carbonyl (C=O) groups is 2. The maximum atomic E-state index is 12.7. The van der Waals surface area contributed by atoms with Gasteiger partial charge in [-0.1, -0.05) is 72.8 Å². The van der Waals surface area contributed by atoms with E-state index in [1.165, 1.54) is 0 Å². The first-order valence-electron chi connectivity index (χ1n) is 10.3. The molecule has 0 radical (unpaired) electrons. The molecule has 3 nitrogen and oxygen atoms in total. The SMILES string of the molecule is Cc1cc(-c2ccc(CC(=O)Cc3cccc(C(=O)c4ccccc4)c3)cc2)ccn1. The molecule has 1 heterocycles. The van der Waals surface area contributed by atoms with Crippen molar-refractivity contribution in [3.63, 3.8) is 0 Å². The summed E-state index contributed by atoms with van der Waals surface area (Å²) < 4.78 is 0. The Kier molecular flexibility index (Phi) is 6.13. The molecule has 0 amide bonds. The van der Waals surface area contributed by atoms with Crippen LogP contribution >= 0.6 is 0 Å². The highest BCUT2D eigenvalue weighted by atomic mass is 16.1. The highest BCUT2D eigenvalue weighted by Crippen LogP contribution is 2.20. The minimum atomic E-state index is -0.0307. The van der Waals surface area contributed by atoms with Crippen LogP contribution in [-0.2, 0) is 17.6 Å². The van der Waals surface area contributed by atoms with Gasteiger partial charge in [-0.05, 0) is 47.4 Å². The summed E-state index contributed by atoms with van der Waals surface area (Å²) in [6, 6.07) is 28.6. The van der Waals surface area contributed by atoms with E-state index in [-0.39, 0.29) is 11.6 Å². The molecule has 4 aromatic rings. The van der Waals surface area contributed by atoms with Crippen LogP contribution in [0.5, 0.6) is 0 Å². The van der Waals surface area contributed by atoms with Gasteiger partial charge in [0.25, 0.3) is 0 Å². The number of carbonyl (C=O) groups excluding carboxylic acids is 2. The molecule has 3 aromatic carbocycles. The lowest BCUT2D eigenvalue weighted by atomic mass is 9.97. The zero-order valence-corrected chi connectivity index (χ0v) is 17.4. The minimum absolute atomic E-state index is 0.0307. The molecule has 3 heteroatoms. The quantitative estimate of drug-likeness (QED) is 0.374. The van der Waals surface area contributed by atoms with Crippen molar-refractivity contribution in [2.24, 2.45) is 0 Å². The average Bonchev–Trinajstić information content (AvgIpc) is 2.80. The van der Waals surface area contributed by atoms with Crippen LogP contribution in [0.3, 0.4) is 0 Å². The van der Waals surface area contributed by atoms with E-state index < -0.39 is 0 Å². The van der Waals surface area contributed by atoms with Gasteiger partial charge in [-0.25, -0.2) is 0 Å². The molecule has 152 valence electrons. The summed E-state index contributed by atoms with van der Waals surface area (Å²) in [5.41, 5.74) is 6.29. The number of aromatic nitrogens is 1. The van der Waals surface area contributed by atoms with E-state index in [1.54, 1.807) is 24.4 Å². The van der Waals surface area contributed by atoms with Gasteiger partial charge in [-0.15, -0.1) is 0 Å². The summed E-state index contributed by atoms with van der Waals surface area (Å²) in [5.74, 6) is 0.0913. The number of Topliss-reactive ketones (excluding diaryl/α,β-unsaturated/α-hetero) is 1. The normalized spacial score (nSPS) is 10.6. The van der Waals surface area contributed by atoms with Gasteiger partial charge in [0, 0.05) is 35.9 Å². The van der Waals surface area contributed by atoms with Gasteiger partial charge in [-0.3, -0.25) is 14.6 Å². The Morgan fingerprint density at radius 1 is 0.677 bits per heavy atom. The smallest absolute Gasteiger partial charge is 0.193 e. The second-order valence-electron chi connectivity index (χ2n) is 7.67. The highest BCUT2D eigenvalue weighted by molar-refractivity contribution is 6.09. The average molecular weight is 405 g/mol. The van der Waals surface area contributed by atoms with Crippen LogP contribution < -0.4 is 0 Å². The zero-order chi connectivity index (χ0) is 21.6. The minimum Gasteiger partial charge on any atom is -0.299 e. The van der Waals surface area contributed by atoms with Gasteiger partial charge >= 0.3 is 0 Å². The maximum Gasteiger partial charge on any atom is 0.193 e. The van der Waals surface area contributed by atoms with Gasteiger partial charge in [0.05, 0.1) is 0 Å². The molecule has 0 unspecified atom stereocenters. The van der Waals surface area contributed by atoms with Crippen molar-refractivity contribution in [3.8, 4) is 11.1 Å². The summed E-state index contributed by atoms with van der Waals surface area (Å²) in [5, 5.41) is 0. The first-order valence-corrected chi connectivity index (χ1v) is 10.3. The number of hydrogen-bond acceptors (Lipinski definition) is 3. The largest absolute Gasteiger partial charge is 0.299 e. The van der Waals surface area contributed by atoms with Gasteiger partial charge in [0.2, 0.25) is 0 Å². The van der Waals surface area contributed by atoms with E-state index in [0.717, 1.165) is 27.9 Å². The Hall–Kier alpha value is -3.85. The monoisotopic (exact) mass is 405 g/mol. The lowest BCUT2D eigenvalue weighted by Crippen LogP contribution is -2.08. The van der Waals surface area contributed by atoms with E-state index >= 15 is 0 Å². The Morgan fingerprint density at radius 3 is 2.13 bits per heavy atom. The number of nitrogens with zero attached hydrogens (tertiary/aromatic N) is 1. The van der Waals surface area contributed by atoms with Gasteiger partial charge in [0.15, 0.2) is 5.78 Å². The molecule has 0 aliphatic heterocycles. The fraction of sp³-hybridized carbons (Fsp3) is 0.107. The second kappa shape index (κ2) is 9.31. The van der Waals surface area contributed by atoms with Crippen LogP contribution in [0.25, 0.3) is 11.1 Å². The van der Waals surface area contributed by atoms with Crippen molar-refractivity contribution in [2.45, 2.75) is 19.8 Å². The predicted octanol–water partition coefficient (Wildman–Crippen LogP) is 5.64. The summed E-state index contributed by atoms with van der Waals surface area (Å²) in [6.07, 6.45) is 2.48. The van der Waals surface area contributed by atoms with Crippen LogP contribution in [0.4, 0.5) is 0 Å². The fourth-order valence-corrected chi connectivity index (χ4v) is 3.64. The molecule has 0 aliphatic rings. The molecule has 1 aromatic heterocycles. The Morgan fingerprint density at radius 2 is 1.39 bits per heavy atom. The molecule has 31 heavy (non-hydrogen) atoms. The highest BCUT2D eigenvalue weighted by Gasteiger charge is 2.11. The first kappa shape index (κ1) is 20.4. The van der Waals surface area contributed by atoms with Crippen molar-refractivity contribution in [3.05, 3.63) is 125 Å². The van der Waals surface area contributed by atoms with Gasteiger partial charge in [-0.2, -0.15) is 0 Å². The molecule has 0 saturated heterocycles. The third-order valence-corrected chi connectivity index (χ3v) is 5.21. The van der Waals surface area contributed by atoms with E-state index in [4.69, 9.17) is 0 Å². The van der Waals surface area contributed by atoms with Crippen molar-refractivity contribution in [1.29, 1.82) is 0 Å².